The highest BCUT2D eigenvalue weighted by atomic mass is 16.2. The van der Waals surface area contributed by atoms with Crippen LogP contribution in [-0.4, -0.2) is 81.6 Å². The van der Waals surface area contributed by atoms with Crippen LogP contribution in [0, 0.1) is 55.7 Å². The summed E-state index contributed by atoms with van der Waals surface area (Å²) in [6.07, 6.45) is 28.4. The summed E-state index contributed by atoms with van der Waals surface area (Å²) in [5.41, 5.74) is 8.14. The molecular formula is C56H84N8O8. The lowest BCUT2D eigenvalue weighted by molar-refractivity contribution is -0.208. The molecule has 8 fully saturated rings. The number of nitrogens with one attached hydrogen (secondary N) is 2. The third-order valence-electron chi connectivity index (χ3n) is 17.7. The van der Waals surface area contributed by atoms with Crippen molar-refractivity contribution in [2.75, 3.05) is 20.1 Å². The van der Waals surface area contributed by atoms with Gasteiger partial charge in [0.15, 0.2) is 0 Å². The van der Waals surface area contributed by atoms with Crippen molar-refractivity contribution in [2.24, 2.45) is 55.5 Å². The molecule has 0 aliphatic heterocycles. The highest BCUT2D eigenvalue weighted by Crippen LogP contribution is 2.78. The summed E-state index contributed by atoms with van der Waals surface area (Å²) in [4.78, 5) is 99.4. The largest absolute Gasteiger partial charge is 0.356 e. The number of rotatable bonds is 25. The van der Waals surface area contributed by atoms with Gasteiger partial charge in [0.2, 0.25) is 11.8 Å². The van der Waals surface area contributed by atoms with E-state index < -0.39 is 0 Å². The fraction of sp³-hybridized carbons (Fsp3) is 0.786. The first-order valence-electron chi connectivity index (χ1n) is 26.4. The van der Waals surface area contributed by atoms with Gasteiger partial charge in [-0.05, 0) is 192 Å². The Labute approximate surface area is 427 Å². The van der Waals surface area contributed by atoms with Gasteiger partial charge in [0.05, 0.1) is 18.5 Å². The van der Waals surface area contributed by atoms with Gasteiger partial charge < -0.3 is 29.8 Å². The van der Waals surface area contributed by atoms with E-state index >= 15 is 0 Å². The van der Waals surface area contributed by atoms with Crippen LogP contribution in [0.15, 0.2) is 11.3 Å². The zero-order valence-corrected chi connectivity index (χ0v) is 44.9. The number of carbonyl (C=O) groups is 8. The number of carbonyl (C=O) groups excluding carboxylic acids is 8. The van der Waals surface area contributed by atoms with Gasteiger partial charge in [-0.3, -0.25) is 23.9 Å². The first-order chi connectivity index (χ1) is 33.7. The highest BCUT2D eigenvalue weighted by Gasteiger charge is 2.68. The Bertz CT molecular complexity index is 2140. The number of nitrogens with zero attached hydrogens (tertiary/aromatic N) is 6. The monoisotopic (exact) mass is 997 g/mol. The van der Waals surface area contributed by atoms with E-state index in [4.69, 9.17) is 12.0 Å². The molecule has 0 saturated heterocycles. The zero-order valence-electron chi connectivity index (χ0n) is 44.9. The molecule has 72 heavy (non-hydrogen) atoms. The lowest BCUT2D eigenvalue weighted by Gasteiger charge is -2.71. The molecule has 4 unspecified atom stereocenters. The predicted molar refractivity (Wildman–Crippen MR) is 274 cm³/mol. The molecule has 8 bridgehead atoms. The molecule has 0 spiro atoms. The molecule has 1 aromatic rings. The molecule has 0 radical (unpaired) electrons. The predicted octanol–water partition coefficient (Wildman–Crippen LogP) is 9.40. The van der Waals surface area contributed by atoms with Crippen molar-refractivity contribution < 1.29 is 38.4 Å². The Kier molecular flexibility index (Phi) is 18.8. The summed E-state index contributed by atoms with van der Waals surface area (Å²) in [7, 11) is 3.19. The lowest BCUT2D eigenvalue weighted by Crippen LogP contribution is -2.63. The summed E-state index contributed by atoms with van der Waals surface area (Å²) in [6.45, 7) is 11.1. The van der Waals surface area contributed by atoms with Crippen LogP contribution in [0.25, 0.3) is 10.4 Å². The number of hydrogen-bond acceptors (Lipinski definition) is 11. The van der Waals surface area contributed by atoms with Crippen LogP contribution >= 0.6 is 0 Å². The summed E-state index contributed by atoms with van der Waals surface area (Å²) in [5.74, 6) is 3.60. The Balaban J connectivity index is 0.000000250. The minimum atomic E-state index is -0.0397. The maximum absolute atomic E-state index is 13.0. The first-order valence-corrected chi connectivity index (χ1v) is 26.4. The minimum absolute atomic E-state index is 0.00117. The quantitative estimate of drug-likeness (QED) is 0.0407. The van der Waals surface area contributed by atoms with Gasteiger partial charge in [0.1, 0.15) is 34.7 Å². The number of Topliss-reactive ketones (excluding diaryl/α,β-unsaturated/α-hetero) is 6. The van der Waals surface area contributed by atoms with Crippen LogP contribution < -0.4 is 10.6 Å². The molecule has 1 heterocycles. The van der Waals surface area contributed by atoms with Gasteiger partial charge in [-0.1, -0.05) is 16.2 Å². The Hall–Kier alpha value is -5.03. The van der Waals surface area contributed by atoms with E-state index in [1.165, 1.54) is 7.05 Å². The Morgan fingerprint density at radius 3 is 1.11 bits per heavy atom. The van der Waals surface area contributed by atoms with E-state index in [0.717, 1.165) is 116 Å². The van der Waals surface area contributed by atoms with E-state index in [-0.39, 0.29) is 96.3 Å². The highest BCUT2D eigenvalue weighted by molar-refractivity contribution is 5.81. The molecule has 1 aromatic heterocycles. The normalized spacial score (nSPS) is 31.9. The van der Waals surface area contributed by atoms with Crippen molar-refractivity contribution >= 4 is 46.5 Å². The molecule has 2 amide bonds. The number of ketones is 6. The van der Waals surface area contributed by atoms with Crippen LogP contribution in [0.2, 0.25) is 0 Å². The van der Waals surface area contributed by atoms with Gasteiger partial charge in [0, 0.05) is 90.7 Å². The average Bonchev–Trinajstić information content (AvgIpc) is 3.70. The van der Waals surface area contributed by atoms with Gasteiger partial charge in [-0.15, -0.1) is 11.5 Å². The number of azide groups is 1. The number of aromatic nitrogens is 3. The molecule has 8 saturated carbocycles. The Morgan fingerprint density at radius 2 is 0.861 bits per heavy atom. The molecule has 8 aliphatic rings. The zero-order chi connectivity index (χ0) is 53.2. The van der Waals surface area contributed by atoms with Crippen LogP contribution in [0.5, 0.6) is 0 Å². The van der Waals surface area contributed by atoms with Crippen molar-refractivity contribution in [3.63, 3.8) is 0 Å². The lowest BCUT2D eigenvalue weighted by atomic mass is 9.33. The molecule has 396 valence electrons. The maximum Gasteiger partial charge on any atom is 0.216 e. The topological polar surface area (TPSA) is 240 Å². The second-order valence-electron chi connectivity index (χ2n) is 25.1. The van der Waals surface area contributed by atoms with Crippen LogP contribution in [0.4, 0.5) is 0 Å². The summed E-state index contributed by atoms with van der Waals surface area (Å²) >= 11 is 0. The maximum atomic E-state index is 13.0. The van der Waals surface area contributed by atoms with Crippen molar-refractivity contribution in [3.8, 4) is 12.3 Å². The standard InChI is InChI=1S/C28H42N4O4.C27H39NO4.CH3N3/c1-20(33)5-8-25-13-26(9-6-21(2)34)15-27(14-25,18-28(16-25,17-26)19-29-22(3)35)10-7-24(36)11-23-12-32(4)31-30-23;1-5-6-23(32)9-12-26-14-24(10-7-20(2)29)13-25(15-26,11-8-21(3)30)17-27(16-24,18-26)19-28-22(4)31;1-3-4-2/h12H,5-11,13-19H2,1-4H3,(H,29,35);1H,6-19H2,2-4H3,(H,28,31);1H3/t25-,26+,27?,28?;24-,25+,26?,27?;. The molecule has 8 aliphatic carbocycles. The van der Waals surface area contributed by atoms with Gasteiger partial charge in [0.25, 0.3) is 0 Å². The van der Waals surface area contributed by atoms with Gasteiger partial charge in [-0.2, -0.15) is 0 Å². The third kappa shape index (κ3) is 15.3. The number of terminal acetylenes is 1. The van der Waals surface area contributed by atoms with Crippen LogP contribution in [0.3, 0.4) is 0 Å². The van der Waals surface area contributed by atoms with Crippen molar-refractivity contribution in [2.45, 2.75) is 208 Å². The molecule has 0 aromatic carbocycles. The molecule has 8 atom stereocenters. The fourth-order valence-electron chi connectivity index (χ4n) is 17.2. The summed E-state index contributed by atoms with van der Waals surface area (Å²) in [5, 5.41) is 17.2. The molecule has 9 rings (SSSR count). The van der Waals surface area contributed by atoms with Crippen molar-refractivity contribution in [1.82, 2.24) is 25.6 Å². The van der Waals surface area contributed by atoms with Gasteiger partial charge >= 0.3 is 0 Å². The van der Waals surface area contributed by atoms with Gasteiger partial charge in [-0.25, -0.2) is 0 Å². The van der Waals surface area contributed by atoms with E-state index in [0.29, 0.717) is 63.7 Å². The second kappa shape index (κ2) is 23.5. The van der Waals surface area contributed by atoms with E-state index in [1.807, 2.05) is 0 Å². The molecule has 16 heteroatoms. The van der Waals surface area contributed by atoms with E-state index in [1.54, 1.807) is 59.5 Å². The van der Waals surface area contributed by atoms with Crippen molar-refractivity contribution in [3.05, 3.63) is 22.3 Å². The minimum Gasteiger partial charge on any atom is -0.356 e. The first kappa shape index (κ1) is 57.9. The summed E-state index contributed by atoms with van der Waals surface area (Å²) in [6, 6.07) is 0. The van der Waals surface area contributed by atoms with Crippen molar-refractivity contribution in [1.29, 1.82) is 0 Å². The SMILES string of the molecule is C#CCC(=O)CCC12CC3(CNC(C)=O)C[C@](CCC(C)=O)(C1)C[C@](CCC(C)=O)(C2)C3.CC(=O)CC[C@]12CC3(CCC(=O)Cc4cn(C)nn4)CC(CNC(C)=O)(C1)C[C@@](CCC(C)=O)(C3)C2.CN=[N+]=[N-]. The number of hydrogen-bond donors (Lipinski definition) is 2. The average molecular weight is 997 g/mol. The third-order valence-corrected chi connectivity index (χ3v) is 17.7. The van der Waals surface area contributed by atoms with Crippen LogP contribution in [-0.2, 0) is 51.8 Å². The Morgan fingerprint density at radius 1 is 0.569 bits per heavy atom. The molecular weight excluding hydrogens is 913 g/mol. The number of aryl methyl sites for hydroxylation is 1. The summed E-state index contributed by atoms with van der Waals surface area (Å²) < 4.78 is 1.62. The fourth-order valence-corrected chi connectivity index (χ4v) is 17.2. The smallest absolute Gasteiger partial charge is 0.216 e. The number of amides is 2. The van der Waals surface area contributed by atoms with E-state index in [9.17, 15) is 38.4 Å². The second-order valence-corrected chi connectivity index (χ2v) is 25.1. The molecule has 16 nitrogen and oxygen atoms in total. The van der Waals surface area contributed by atoms with E-state index in [2.05, 4.69) is 36.9 Å². The van der Waals surface area contributed by atoms with Crippen LogP contribution in [0.1, 0.15) is 208 Å². The molecule has 2 N–H and O–H groups in total.